The molecule has 2 N–H and O–H groups in total. The van der Waals surface area contributed by atoms with Gasteiger partial charge in [0, 0.05) is 0 Å². The summed E-state index contributed by atoms with van der Waals surface area (Å²) in [6.07, 6.45) is 6.84. The summed E-state index contributed by atoms with van der Waals surface area (Å²) >= 11 is 0. The van der Waals surface area contributed by atoms with E-state index in [0.717, 1.165) is 25.0 Å². The first-order chi connectivity index (χ1) is 7.77. The molecular formula is C12H18N4. The van der Waals surface area contributed by atoms with Crippen LogP contribution in [0.1, 0.15) is 56.3 Å². The van der Waals surface area contributed by atoms with Crippen LogP contribution in [0.5, 0.6) is 0 Å². The highest BCUT2D eigenvalue weighted by molar-refractivity contribution is 5.52. The lowest BCUT2D eigenvalue weighted by molar-refractivity contribution is 0.332. The smallest absolute Gasteiger partial charge is 0.140 e. The first-order valence-corrected chi connectivity index (χ1v) is 6.04. The molecule has 0 saturated heterocycles. The van der Waals surface area contributed by atoms with Crippen LogP contribution < -0.4 is 5.73 Å². The molecule has 1 saturated carbocycles. The highest BCUT2D eigenvalue weighted by Gasteiger charge is 2.22. The first-order valence-electron chi connectivity index (χ1n) is 6.04. The molecule has 2 rings (SSSR count). The zero-order chi connectivity index (χ0) is 11.5. The fourth-order valence-corrected chi connectivity index (χ4v) is 2.47. The number of nitrogens with two attached hydrogens (primary N) is 1. The Morgan fingerprint density at radius 1 is 1.44 bits per heavy atom. The predicted octanol–water partition coefficient (Wildman–Crippen LogP) is 2.40. The molecule has 0 bridgehead atoms. The zero-order valence-corrected chi connectivity index (χ0v) is 9.74. The lowest BCUT2D eigenvalue weighted by atomic mass is 9.96. The molecular weight excluding hydrogens is 200 g/mol. The predicted molar refractivity (Wildman–Crippen MR) is 62.9 cm³/mol. The quantitative estimate of drug-likeness (QED) is 0.828. The van der Waals surface area contributed by atoms with Crippen LogP contribution in [0.15, 0.2) is 0 Å². The average molecular weight is 218 g/mol. The van der Waals surface area contributed by atoms with Gasteiger partial charge in [-0.1, -0.05) is 26.2 Å². The molecule has 16 heavy (non-hydrogen) atoms. The maximum atomic E-state index is 9.06. The van der Waals surface area contributed by atoms with Crippen LogP contribution >= 0.6 is 0 Å². The van der Waals surface area contributed by atoms with Gasteiger partial charge in [0.15, 0.2) is 0 Å². The van der Waals surface area contributed by atoms with Crippen LogP contribution in [0.3, 0.4) is 0 Å². The number of nitrogens with zero attached hydrogens (tertiary/aromatic N) is 3. The highest BCUT2D eigenvalue weighted by atomic mass is 15.3. The van der Waals surface area contributed by atoms with E-state index in [1.807, 2.05) is 11.6 Å². The Hall–Kier alpha value is -1.50. The lowest BCUT2D eigenvalue weighted by Crippen LogP contribution is -2.16. The molecule has 1 aromatic rings. The van der Waals surface area contributed by atoms with Gasteiger partial charge >= 0.3 is 0 Å². The van der Waals surface area contributed by atoms with Gasteiger partial charge in [-0.3, -0.25) is 0 Å². The van der Waals surface area contributed by atoms with E-state index in [0.29, 0.717) is 17.4 Å². The second-order valence-electron chi connectivity index (χ2n) is 4.41. The third-order valence-electron chi connectivity index (χ3n) is 3.39. The van der Waals surface area contributed by atoms with Gasteiger partial charge in [0.1, 0.15) is 17.5 Å². The first kappa shape index (κ1) is 11.0. The van der Waals surface area contributed by atoms with Crippen molar-refractivity contribution in [3.8, 4) is 6.07 Å². The molecule has 0 amide bonds. The molecule has 4 heteroatoms. The van der Waals surface area contributed by atoms with Gasteiger partial charge in [0.25, 0.3) is 0 Å². The highest BCUT2D eigenvalue weighted by Crippen LogP contribution is 2.31. The summed E-state index contributed by atoms with van der Waals surface area (Å²) < 4.78 is 1.89. The molecule has 1 heterocycles. The summed E-state index contributed by atoms with van der Waals surface area (Å²) in [5.41, 5.74) is 7.41. The van der Waals surface area contributed by atoms with Gasteiger partial charge in [-0.05, 0) is 19.3 Å². The third kappa shape index (κ3) is 1.78. The largest absolute Gasteiger partial charge is 0.383 e. The lowest BCUT2D eigenvalue weighted by Gasteiger charge is -2.22. The standard InChI is InChI=1S/C12H18N4/c1-2-11-10(8-13)12(14)16(15-11)9-6-4-3-5-7-9/h9H,2-7,14H2,1H3. The van der Waals surface area contributed by atoms with Crippen molar-refractivity contribution in [2.45, 2.75) is 51.5 Å². The van der Waals surface area contributed by atoms with E-state index in [1.165, 1.54) is 19.3 Å². The van der Waals surface area contributed by atoms with E-state index >= 15 is 0 Å². The van der Waals surface area contributed by atoms with Crippen LogP contribution in [-0.4, -0.2) is 9.78 Å². The average Bonchev–Trinajstić information content (AvgIpc) is 2.66. The Morgan fingerprint density at radius 2 is 2.12 bits per heavy atom. The summed E-state index contributed by atoms with van der Waals surface area (Å²) in [6.45, 7) is 2.01. The number of aryl methyl sites for hydroxylation is 1. The van der Waals surface area contributed by atoms with Gasteiger partial charge in [0.05, 0.1) is 11.7 Å². The number of rotatable bonds is 2. The Bertz CT molecular complexity index is 407. The molecule has 1 aromatic heterocycles. The maximum Gasteiger partial charge on any atom is 0.140 e. The van der Waals surface area contributed by atoms with E-state index in [9.17, 15) is 0 Å². The summed E-state index contributed by atoms with van der Waals surface area (Å²) in [5, 5.41) is 13.6. The van der Waals surface area contributed by atoms with Gasteiger partial charge in [0.2, 0.25) is 0 Å². The molecule has 4 nitrogen and oxygen atoms in total. The monoisotopic (exact) mass is 218 g/mol. The number of hydrogen-bond donors (Lipinski definition) is 1. The third-order valence-corrected chi connectivity index (χ3v) is 3.39. The topological polar surface area (TPSA) is 67.6 Å². The van der Waals surface area contributed by atoms with Crippen molar-refractivity contribution in [3.63, 3.8) is 0 Å². The molecule has 0 radical (unpaired) electrons. The Morgan fingerprint density at radius 3 is 2.62 bits per heavy atom. The minimum atomic E-state index is 0.404. The summed E-state index contributed by atoms with van der Waals surface area (Å²) in [6, 6.07) is 2.57. The molecule has 1 aliphatic carbocycles. The minimum Gasteiger partial charge on any atom is -0.383 e. The fourth-order valence-electron chi connectivity index (χ4n) is 2.47. The Kier molecular flexibility index (Phi) is 3.14. The molecule has 0 aromatic carbocycles. The van der Waals surface area contributed by atoms with Crippen molar-refractivity contribution in [1.82, 2.24) is 9.78 Å². The minimum absolute atomic E-state index is 0.404. The summed E-state index contributed by atoms with van der Waals surface area (Å²) in [5.74, 6) is 0.561. The second-order valence-corrected chi connectivity index (χ2v) is 4.41. The van der Waals surface area contributed by atoms with Crippen molar-refractivity contribution >= 4 is 5.82 Å². The molecule has 0 unspecified atom stereocenters. The number of nitriles is 1. The van der Waals surface area contributed by atoms with E-state index in [4.69, 9.17) is 11.0 Å². The SMILES string of the molecule is CCc1nn(C2CCCCC2)c(N)c1C#N. The molecule has 0 spiro atoms. The molecule has 0 aliphatic heterocycles. The fraction of sp³-hybridized carbons (Fsp3) is 0.667. The number of hydrogen-bond acceptors (Lipinski definition) is 3. The van der Waals surface area contributed by atoms with Crippen molar-refractivity contribution in [2.24, 2.45) is 0 Å². The van der Waals surface area contributed by atoms with Crippen molar-refractivity contribution in [3.05, 3.63) is 11.3 Å². The van der Waals surface area contributed by atoms with Crippen LogP contribution in [0.25, 0.3) is 0 Å². The second kappa shape index (κ2) is 4.56. The van der Waals surface area contributed by atoms with Gasteiger partial charge in [-0.25, -0.2) is 4.68 Å². The number of aromatic nitrogens is 2. The maximum absolute atomic E-state index is 9.06. The van der Waals surface area contributed by atoms with Gasteiger partial charge in [-0.2, -0.15) is 10.4 Å². The normalized spacial score (nSPS) is 17.2. The van der Waals surface area contributed by atoms with Crippen molar-refractivity contribution in [2.75, 3.05) is 5.73 Å². The molecule has 0 atom stereocenters. The Labute approximate surface area is 96.0 Å². The van der Waals surface area contributed by atoms with E-state index in [2.05, 4.69) is 11.2 Å². The van der Waals surface area contributed by atoms with Crippen LogP contribution in [0, 0.1) is 11.3 Å². The number of nitrogen functional groups attached to an aromatic ring is 1. The van der Waals surface area contributed by atoms with Crippen molar-refractivity contribution < 1.29 is 0 Å². The zero-order valence-electron chi connectivity index (χ0n) is 9.74. The van der Waals surface area contributed by atoms with Gasteiger partial charge in [-0.15, -0.1) is 0 Å². The van der Waals surface area contributed by atoms with E-state index < -0.39 is 0 Å². The van der Waals surface area contributed by atoms with Crippen molar-refractivity contribution in [1.29, 1.82) is 5.26 Å². The van der Waals surface area contributed by atoms with Crippen LogP contribution in [-0.2, 0) is 6.42 Å². The molecule has 86 valence electrons. The van der Waals surface area contributed by atoms with Gasteiger partial charge < -0.3 is 5.73 Å². The van der Waals surface area contributed by atoms with E-state index in [1.54, 1.807) is 0 Å². The van der Waals surface area contributed by atoms with Crippen LogP contribution in [0.2, 0.25) is 0 Å². The van der Waals surface area contributed by atoms with E-state index in [-0.39, 0.29) is 0 Å². The summed E-state index contributed by atoms with van der Waals surface area (Å²) in [4.78, 5) is 0. The summed E-state index contributed by atoms with van der Waals surface area (Å²) in [7, 11) is 0. The molecule has 1 fully saturated rings. The Balaban J connectivity index is 2.34. The molecule has 1 aliphatic rings. The number of anilines is 1. The van der Waals surface area contributed by atoms with Crippen LogP contribution in [0.4, 0.5) is 5.82 Å².